The molecule has 2 aliphatic rings. The van der Waals surface area contributed by atoms with Crippen molar-refractivity contribution < 1.29 is 9.53 Å². The second-order valence-electron chi connectivity index (χ2n) is 5.88. The molecular formula is C16H20BrNO2. The molecule has 1 saturated heterocycles. The van der Waals surface area contributed by atoms with Crippen molar-refractivity contribution in [2.24, 2.45) is 5.92 Å². The number of benzene rings is 1. The van der Waals surface area contributed by atoms with Gasteiger partial charge >= 0.3 is 0 Å². The largest absolute Gasteiger partial charge is 0.378 e. The Hall–Kier alpha value is -0.870. The van der Waals surface area contributed by atoms with Gasteiger partial charge in [0.1, 0.15) is 0 Å². The van der Waals surface area contributed by atoms with E-state index in [9.17, 15) is 4.79 Å². The number of halogens is 1. The minimum Gasteiger partial charge on any atom is -0.378 e. The molecule has 3 nitrogen and oxygen atoms in total. The lowest BCUT2D eigenvalue weighted by Crippen LogP contribution is -2.31. The summed E-state index contributed by atoms with van der Waals surface area (Å²) in [5, 5.41) is 0. The second-order valence-corrected chi connectivity index (χ2v) is 6.87. The summed E-state index contributed by atoms with van der Waals surface area (Å²) < 4.78 is 5.67. The average molecular weight is 338 g/mol. The highest BCUT2D eigenvalue weighted by Crippen LogP contribution is 2.40. The van der Waals surface area contributed by atoms with Gasteiger partial charge in [-0.1, -0.05) is 28.1 Å². The molecule has 0 saturated carbocycles. The zero-order valence-corrected chi connectivity index (χ0v) is 13.5. The van der Waals surface area contributed by atoms with Crippen LogP contribution in [-0.4, -0.2) is 25.7 Å². The van der Waals surface area contributed by atoms with Gasteiger partial charge in [-0.2, -0.15) is 0 Å². The minimum absolute atomic E-state index is 0.207. The zero-order chi connectivity index (χ0) is 14.3. The van der Waals surface area contributed by atoms with Crippen molar-refractivity contribution in [2.75, 3.05) is 18.6 Å². The smallest absolute Gasteiger partial charge is 0.227 e. The Balaban J connectivity index is 1.83. The van der Waals surface area contributed by atoms with Gasteiger partial charge < -0.3 is 9.64 Å². The number of ether oxygens (including phenoxy) is 1. The van der Waals surface area contributed by atoms with Crippen LogP contribution in [0.1, 0.15) is 35.7 Å². The molecule has 3 atom stereocenters. The molecule has 1 aromatic carbocycles. The van der Waals surface area contributed by atoms with E-state index in [1.807, 2.05) is 7.05 Å². The molecule has 0 N–H and O–H groups in total. The van der Waals surface area contributed by atoms with Crippen LogP contribution in [-0.2, 0) is 16.0 Å². The van der Waals surface area contributed by atoms with Crippen LogP contribution in [0.3, 0.4) is 0 Å². The third-order valence-electron chi connectivity index (χ3n) is 4.41. The number of aryl methyl sites for hydroxylation is 1. The first kappa shape index (κ1) is 14.1. The van der Waals surface area contributed by atoms with Crippen LogP contribution in [0, 0.1) is 5.92 Å². The topological polar surface area (TPSA) is 29.5 Å². The highest BCUT2D eigenvalue weighted by molar-refractivity contribution is 9.09. The van der Waals surface area contributed by atoms with Gasteiger partial charge in [0.15, 0.2) is 0 Å². The van der Waals surface area contributed by atoms with Gasteiger partial charge in [0.2, 0.25) is 5.91 Å². The van der Waals surface area contributed by atoms with Crippen LogP contribution in [0.4, 0.5) is 5.69 Å². The molecule has 3 rings (SSSR count). The van der Waals surface area contributed by atoms with Gasteiger partial charge in [0.25, 0.3) is 0 Å². The lowest BCUT2D eigenvalue weighted by atomic mass is 9.93. The van der Waals surface area contributed by atoms with Gasteiger partial charge in [0.05, 0.1) is 12.7 Å². The quantitative estimate of drug-likeness (QED) is 0.773. The van der Waals surface area contributed by atoms with Gasteiger partial charge in [0, 0.05) is 29.9 Å². The number of alkyl halides is 1. The number of carbonyl (C=O) groups excluding carboxylic acids is 1. The summed E-state index contributed by atoms with van der Waals surface area (Å²) in [7, 11) is 1.86. The van der Waals surface area contributed by atoms with E-state index in [0.29, 0.717) is 23.3 Å². The van der Waals surface area contributed by atoms with Crippen LogP contribution in [0.15, 0.2) is 18.2 Å². The molecule has 0 bridgehead atoms. The molecular weight excluding hydrogens is 318 g/mol. The van der Waals surface area contributed by atoms with Crippen molar-refractivity contribution in [3.63, 3.8) is 0 Å². The molecule has 0 aromatic heterocycles. The monoisotopic (exact) mass is 337 g/mol. The second kappa shape index (κ2) is 5.49. The van der Waals surface area contributed by atoms with Crippen molar-refractivity contribution in [2.45, 2.75) is 37.1 Å². The number of amides is 1. The Morgan fingerprint density at radius 3 is 2.90 bits per heavy atom. The Morgan fingerprint density at radius 2 is 2.20 bits per heavy atom. The molecule has 1 amide bonds. The Kier molecular flexibility index (Phi) is 3.87. The molecule has 1 fully saturated rings. The lowest BCUT2D eigenvalue weighted by molar-refractivity contribution is -0.118. The summed E-state index contributed by atoms with van der Waals surface area (Å²) in [5.41, 5.74) is 3.64. The first-order valence-electron chi connectivity index (χ1n) is 7.21. The number of rotatable bonds is 2. The summed E-state index contributed by atoms with van der Waals surface area (Å²) in [6.07, 6.45) is 2.93. The summed E-state index contributed by atoms with van der Waals surface area (Å²) in [4.78, 5) is 13.8. The molecule has 1 aromatic rings. The fraction of sp³-hybridized carbons (Fsp3) is 0.562. The Bertz CT molecular complexity index is 531. The van der Waals surface area contributed by atoms with Crippen molar-refractivity contribution in [3.8, 4) is 0 Å². The Morgan fingerprint density at radius 1 is 1.40 bits per heavy atom. The van der Waals surface area contributed by atoms with Crippen LogP contribution in [0.25, 0.3) is 0 Å². The van der Waals surface area contributed by atoms with E-state index in [2.05, 4.69) is 41.1 Å². The fourth-order valence-corrected chi connectivity index (χ4v) is 3.83. The number of hydrogen-bond acceptors (Lipinski definition) is 2. The molecule has 3 unspecified atom stereocenters. The molecule has 2 heterocycles. The summed E-state index contributed by atoms with van der Waals surface area (Å²) in [6.45, 7) is 2.96. The normalized spacial score (nSPS) is 27.6. The van der Waals surface area contributed by atoms with Crippen molar-refractivity contribution >= 4 is 27.5 Å². The molecule has 108 valence electrons. The van der Waals surface area contributed by atoms with E-state index in [1.54, 1.807) is 4.90 Å². The number of carbonyl (C=O) groups is 1. The standard InChI is InChI=1S/C16H20BrNO2/c1-10-7-13(9-20-10)16(17)12-3-5-14-11(8-12)4-6-15(19)18(14)2/h3,5,8,10,13,16H,4,6-7,9H2,1-2H3. The van der Waals surface area contributed by atoms with Crippen molar-refractivity contribution in [1.82, 2.24) is 0 Å². The first-order chi connectivity index (χ1) is 9.56. The van der Waals surface area contributed by atoms with E-state index >= 15 is 0 Å². The average Bonchev–Trinajstić information content (AvgIpc) is 2.88. The highest BCUT2D eigenvalue weighted by Gasteiger charge is 2.30. The van der Waals surface area contributed by atoms with E-state index in [4.69, 9.17) is 4.74 Å². The SMILES string of the molecule is CC1CC(C(Br)c2ccc3c(c2)CCC(=O)N3C)CO1. The van der Waals surface area contributed by atoms with Crippen molar-refractivity contribution in [3.05, 3.63) is 29.3 Å². The van der Waals surface area contributed by atoms with E-state index in [1.165, 1.54) is 11.1 Å². The van der Waals surface area contributed by atoms with Crippen LogP contribution >= 0.6 is 15.9 Å². The van der Waals surface area contributed by atoms with Gasteiger partial charge in [-0.25, -0.2) is 0 Å². The Labute approximate surface area is 128 Å². The van der Waals surface area contributed by atoms with Gasteiger partial charge in [-0.3, -0.25) is 4.79 Å². The van der Waals surface area contributed by atoms with E-state index < -0.39 is 0 Å². The summed E-state index contributed by atoms with van der Waals surface area (Å²) >= 11 is 3.83. The molecule has 2 aliphatic heterocycles. The lowest BCUT2D eigenvalue weighted by Gasteiger charge is -2.27. The summed E-state index contributed by atoms with van der Waals surface area (Å²) in [5.74, 6) is 0.740. The predicted octanol–water partition coefficient (Wildman–Crippen LogP) is 3.46. The first-order valence-corrected chi connectivity index (χ1v) is 8.13. The maximum absolute atomic E-state index is 11.7. The number of fused-ring (bicyclic) bond motifs is 1. The van der Waals surface area contributed by atoms with Crippen LogP contribution < -0.4 is 4.90 Å². The highest BCUT2D eigenvalue weighted by atomic mass is 79.9. The predicted molar refractivity (Wildman–Crippen MR) is 83.4 cm³/mol. The molecule has 0 spiro atoms. The number of hydrogen-bond donors (Lipinski definition) is 0. The molecule has 0 aliphatic carbocycles. The molecule has 4 heteroatoms. The maximum atomic E-state index is 11.7. The van der Waals surface area contributed by atoms with Gasteiger partial charge in [-0.05, 0) is 37.0 Å². The third-order valence-corrected chi connectivity index (χ3v) is 5.69. The van der Waals surface area contributed by atoms with E-state index in [-0.39, 0.29) is 5.91 Å². The fourth-order valence-electron chi connectivity index (χ4n) is 3.17. The van der Waals surface area contributed by atoms with Crippen molar-refractivity contribution in [1.29, 1.82) is 0 Å². The van der Waals surface area contributed by atoms with Crippen LogP contribution in [0.5, 0.6) is 0 Å². The van der Waals surface area contributed by atoms with E-state index in [0.717, 1.165) is 25.1 Å². The van der Waals surface area contributed by atoms with Crippen LogP contribution in [0.2, 0.25) is 0 Å². The number of nitrogens with zero attached hydrogens (tertiary/aromatic N) is 1. The summed E-state index contributed by atoms with van der Waals surface area (Å²) in [6, 6.07) is 6.46. The third kappa shape index (κ3) is 2.51. The number of anilines is 1. The molecule has 0 radical (unpaired) electrons. The molecule has 20 heavy (non-hydrogen) atoms. The maximum Gasteiger partial charge on any atom is 0.227 e. The minimum atomic E-state index is 0.207. The van der Waals surface area contributed by atoms with Gasteiger partial charge in [-0.15, -0.1) is 0 Å². The zero-order valence-electron chi connectivity index (χ0n) is 11.9.